The molecular weight excluding hydrogens is 378 g/mol. The summed E-state index contributed by atoms with van der Waals surface area (Å²) in [6, 6.07) is 11.1. The molecule has 1 saturated heterocycles. The molecule has 162 valence electrons. The van der Waals surface area contributed by atoms with Gasteiger partial charge in [0.15, 0.2) is 11.7 Å². The first-order valence-corrected chi connectivity index (χ1v) is 10.6. The van der Waals surface area contributed by atoms with Crippen LogP contribution >= 0.6 is 0 Å². The van der Waals surface area contributed by atoms with Crippen LogP contribution in [-0.2, 0) is 6.54 Å². The molecular formula is C23H33N5O2. The highest BCUT2D eigenvalue weighted by atomic mass is 16.3. The Hall–Kier alpha value is -2.80. The molecule has 7 heteroatoms. The molecule has 1 fully saturated rings. The first-order chi connectivity index (χ1) is 14.5. The highest BCUT2D eigenvalue weighted by Gasteiger charge is 2.27. The number of piperidine rings is 1. The fourth-order valence-electron chi connectivity index (χ4n) is 3.62. The van der Waals surface area contributed by atoms with Crippen LogP contribution in [0.2, 0.25) is 0 Å². The van der Waals surface area contributed by atoms with E-state index >= 15 is 0 Å². The van der Waals surface area contributed by atoms with E-state index in [1.165, 1.54) is 38.6 Å². The van der Waals surface area contributed by atoms with Gasteiger partial charge in [-0.1, -0.05) is 18.6 Å². The van der Waals surface area contributed by atoms with E-state index < -0.39 is 0 Å². The molecule has 2 heterocycles. The quantitative estimate of drug-likeness (QED) is 0.480. The number of guanidine groups is 1. The van der Waals surface area contributed by atoms with Crippen molar-refractivity contribution in [2.45, 2.75) is 45.2 Å². The number of aliphatic imine (C=N–C) groups is 1. The third-order valence-electron chi connectivity index (χ3n) is 5.54. The van der Waals surface area contributed by atoms with Gasteiger partial charge in [0.2, 0.25) is 0 Å². The van der Waals surface area contributed by atoms with Crippen molar-refractivity contribution >= 4 is 17.6 Å². The SMILES string of the molecule is CN=C(NCc1ccc(NC(=O)c2ccco2)cc1)NCC(C)(C)N1CCCCC1. The minimum absolute atomic E-state index is 0.0892. The van der Waals surface area contributed by atoms with E-state index in [9.17, 15) is 4.79 Å². The number of hydrogen-bond acceptors (Lipinski definition) is 4. The van der Waals surface area contributed by atoms with Crippen LogP contribution in [0.1, 0.15) is 49.2 Å². The van der Waals surface area contributed by atoms with E-state index in [4.69, 9.17) is 4.42 Å². The Morgan fingerprint density at radius 1 is 1.10 bits per heavy atom. The highest BCUT2D eigenvalue weighted by molar-refractivity contribution is 6.02. The summed E-state index contributed by atoms with van der Waals surface area (Å²) in [4.78, 5) is 18.9. The highest BCUT2D eigenvalue weighted by Crippen LogP contribution is 2.19. The molecule has 0 spiro atoms. The maximum absolute atomic E-state index is 12.0. The van der Waals surface area contributed by atoms with Crippen molar-refractivity contribution in [2.24, 2.45) is 4.99 Å². The molecule has 3 N–H and O–H groups in total. The summed E-state index contributed by atoms with van der Waals surface area (Å²) in [5, 5.41) is 9.64. The number of nitrogens with one attached hydrogen (secondary N) is 3. The average Bonchev–Trinajstić information content (AvgIpc) is 3.31. The van der Waals surface area contributed by atoms with Crippen molar-refractivity contribution in [1.29, 1.82) is 0 Å². The molecule has 1 amide bonds. The van der Waals surface area contributed by atoms with Crippen LogP contribution < -0.4 is 16.0 Å². The number of hydrogen-bond donors (Lipinski definition) is 3. The predicted octanol–water partition coefficient (Wildman–Crippen LogP) is 3.46. The van der Waals surface area contributed by atoms with Gasteiger partial charge in [-0.25, -0.2) is 0 Å². The molecule has 0 aliphatic carbocycles. The van der Waals surface area contributed by atoms with E-state index in [0.29, 0.717) is 12.3 Å². The van der Waals surface area contributed by atoms with Gasteiger partial charge < -0.3 is 20.4 Å². The summed E-state index contributed by atoms with van der Waals surface area (Å²) in [6.07, 6.45) is 5.40. The van der Waals surface area contributed by atoms with Crippen molar-refractivity contribution < 1.29 is 9.21 Å². The topological polar surface area (TPSA) is 81.9 Å². The number of rotatable bonds is 7. The smallest absolute Gasteiger partial charge is 0.291 e. The van der Waals surface area contributed by atoms with E-state index in [1.54, 1.807) is 19.2 Å². The largest absolute Gasteiger partial charge is 0.459 e. The number of benzene rings is 1. The summed E-state index contributed by atoms with van der Waals surface area (Å²) < 4.78 is 5.11. The van der Waals surface area contributed by atoms with Gasteiger partial charge in [-0.3, -0.25) is 14.7 Å². The summed E-state index contributed by atoms with van der Waals surface area (Å²) in [7, 11) is 1.79. The van der Waals surface area contributed by atoms with E-state index in [2.05, 4.69) is 39.7 Å². The number of carbonyl (C=O) groups excluding carboxylic acids is 1. The zero-order valence-electron chi connectivity index (χ0n) is 18.2. The van der Waals surface area contributed by atoms with E-state index in [1.807, 2.05) is 24.3 Å². The molecule has 0 atom stereocenters. The average molecular weight is 412 g/mol. The second-order valence-corrected chi connectivity index (χ2v) is 8.27. The molecule has 0 bridgehead atoms. The summed E-state index contributed by atoms with van der Waals surface area (Å²) in [6.45, 7) is 8.40. The van der Waals surface area contributed by atoms with Crippen LogP contribution in [-0.4, -0.2) is 49.0 Å². The molecule has 0 radical (unpaired) electrons. The monoisotopic (exact) mass is 411 g/mol. The van der Waals surface area contributed by atoms with Gasteiger partial charge in [0.1, 0.15) is 0 Å². The Labute approximate surface area is 178 Å². The van der Waals surface area contributed by atoms with Gasteiger partial charge in [-0.2, -0.15) is 0 Å². The fourth-order valence-corrected chi connectivity index (χ4v) is 3.62. The number of carbonyl (C=O) groups is 1. The third-order valence-corrected chi connectivity index (χ3v) is 5.54. The van der Waals surface area contributed by atoms with Gasteiger partial charge >= 0.3 is 0 Å². The predicted molar refractivity (Wildman–Crippen MR) is 121 cm³/mol. The van der Waals surface area contributed by atoms with Crippen molar-refractivity contribution in [3.8, 4) is 0 Å². The van der Waals surface area contributed by atoms with Crippen LogP contribution in [0.3, 0.4) is 0 Å². The summed E-state index contributed by atoms with van der Waals surface area (Å²) in [5.41, 5.74) is 1.92. The standard InChI is InChI=1S/C23H33N5O2/c1-23(2,28-13-5-4-6-14-28)17-26-22(24-3)25-16-18-9-11-19(12-10-18)27-21(29)20-8-7-15-30-20/h7-12,15H,4-6,13-14,16-17H2,1-3H3,(H,27,29)(H2,24,25,26). The second-order valence-electron chi connectivity index (χ2n) is 8.27. The van der Waals surface area contributed by atoms with Crippen LogP contribution in [0.25, 0.3) is 0 Å². The van der Waals surface area contributed by atoms with E-state index in [-0.39, 0.29) is 11.4 Å². The van der Waals surface area contributed by atoms with Crippen LogP contribution in [0, 0.1) is 0 Å². The molecule has 0 unspecified atom stereocenters. The first-order valence-electron chi connectivity index (χ1n) is 10.6. The Kier molecular flexibility index (Phi) is 7.52. The molecule has 2 aromatic rings. The maximum atomic E-state index is 12.0. The molecule has 1 aliphatic rings. The minimum Gasteiger partial charge on any atom is -0.459 e. The molecule has 0 saturated carbocycles. The number of furan rings is 1. The lowest BCUT2D eigenvalue weighted by molar-refractivity contribution is 0.0982. The second kappa shape index (κ2) is 10.3. The fraction of sp³-hybridized carbons (Fsp3) is 0.478. The molecule has 30 heavy (non-hydrogen) atoms. The van der Waals surface area contributed by atoms with Gasteiger partial charge in [-0.15, -0.1) is 0 Å². The molecule has 1 aliphatic heterocycles. The van der Waals surface area contributed by atoms with Crippen molar-refractivity contribution in [2.75, 3.05) is 32.0 Å². The Morgan fingerprint density at radius 3 is 2.47 bits per heavy atom. The zero-order valence-corrected chi connectivity index (χ0v) is 18.2. The van der Waals surface area contributed by atoms with Crippen LogP contribution in [0.15, 0.2) is 52.1 Å². The Morgan fingerprint density at radius 2 is 1.83 bits per heavy atom. The number of amides is 1. The van der Waals surface area contributed by atoms with Gasteiger partial charge in [0.25, 0.3) is 5.91 Å². The number of nitrogens with zero attached hydrogens (tertiary/aromatic N) is 2. The van der Waals surface area contributed by atoms with Crippen molar-refractivity contribution in [3.05, 3.63) is 54.0 Å². The maximum Gasteiger partial charge on any atom is 0.291 e. The molecule has 7 nitrogen and oxygen atoms in total. The molecule has 1 aromatic heterocycles. The summed E-state index contributed by atoms with van der Waals surface area (Å²) >= 11 is 0. The van der Waals surface area contributed by atoms with Crippen molar-refractivity contribution in [3.63, 3.8) is 0 Å². The van der Waals surface area contributed by atoms with Gasteiger partial charge in [0.05, 0.1) is 6.26 Å². The van der Waals surface area contributed by atoms with Gasteiger partial charge in [-0.05, 0) is 69.6 Å². The number of anilines is 1. The normalized spacial score (nSPS) is 15.6. The number of likely N-dealkylation sites (tertiary alicyclic amines) is 1. The summed E-state index contributed by atoms with van der Waals surface area (Å²) in [5.74, 6) is 0.824. The van der Waals surface area contributed by atoms with Crippen molar-refractivity contribution in [1.82, 2.24) is 15.5 Å². The van der Waals surface area contributed by atoms with Crippen LogP contribution in [0.4, 0.5) is 5.69 Å². The zero-order chi connectivity index (χ0) is 21.4. The van der Waals surface area contributed by atoms with Crippen LogP contribution in [0.5, 0.6) is 0 Å². The lowest BCUT2D eigenvalue weighted by atomic mass is 9.98. The Bertz CT molecular complexity index is 822. The lowest BCUT2D eigenvalue weighted by Gasteiger charge is -2.41. The van der Waals surface area contributed by atoms with E-state index in [0.717, 1.165) is 23.8 Å². The molecule has 1 aromatic carbocycles. The van der Waals surface area contributed by atoms with Gasteiger partial charge in [0, 0.05) is 31.4 Å². The third kappa shape index (κ3) is 6.10. The minimum atomic E-state index is -0.258. The Balaban J connectivity index is 1.46. The lowest BCUT2D eigenvalue weighted by Crippen LogP contribution is -2.54. The molecule has 3 rings (SSSR count). The first kappa shape index (κ1) is 21.9.